The number of thioether (sulfide) groups is 1. The Morgan fingerprint density at radius 3 is 2.32 bits per heavy atom. The predicted molar refractivity (Wildman–Crippen MR) is 111 cm³/mol. The summed E-state index contributed by atoms with van der Waals surface area (Å²) in [4.78, 5) is 23.8. The van der Waals surface area contributed by atoms with Gasteiger partial charge in [-0.2, -0.15) is 0 Å². The molecule has 3 aromatic rings. The fourth-order valence-corrected chi connectivity index (χ4v) is 3.27. The molecular weight excluding hydrogens is 374 g/mol. The van der Waals surface area contributed by atoms with Gasteiger partial charge in [0.15, 0.2) is 11.6 Å². The van der Waals surface area contributed by atoms with E-state index in [1.54, 1.807) is 31.2 Å². The maximum Gasteiger partial charge on any atom is 0.237 e. The third-order valence-corrected chi connectivity index (χ3v) is 5.24. The van der Waals surface area contributed by atoms with E-state index in [1.165, 1.54) is 23.4 Å². The van der Waals surface area contributed by atoms with Crippen molar-refractivity contribution in [1.82, 2.24) is 14.9 Å². The second-order valence-corrected chi connectivity index (χ2v) is 7.73. The largest absolute Gasteiger partial charge is 0.335 e. The summed E-state index contributed by atoms with van der Waals surface area (Å²) < 4.78 is 1.39. The molecule has 0 unspecified atom stereocenters. The minimum Gasteiger partial charge on any atom is -0.335 e. The molecule has 144 valence electrons. The molecule has 1 amide bonds. The number of carbonyl (C=O) groups is 2. The van der Waals surface area contributed by atoms with Crippen LogP contribution >= 0.6 is 11.8 Å². The summed E-state index contributed by atoms with van der Waals surface area (Å²) >= 11 is 1.22. The number of Topliss-reactive ketones (excluding diaryl/α,β-unsaturated/α-hetero) is 1. The normalized spacial score (nSPS) is 11.8. The number of carbonyl (C=O) groups excluding carboxylic acids is 2. The Morgan fingerprint density at radius 1 is 1.07 bits per heavy atom. The number of nitrogens with one attached hydrogen (secondary N) is 1. The third kappa shape index (κ3) is 4.40. The number of amides is 1. The molecule has 0 aliphatic carbocycles. The zero-order valence-electron chi connectivity index (χ0n) is 15.8. The number of benzene rings is 2. The molecule has 2 aromatic carbocycles. The molecule has 0 spiro atoms. The van der Waals surface area contributed by atoms with E-state index >= 15 is 0 Å². The molecular formula is C20H21N5O2S. The minimum atomic E-state index is -0.440. The molecule has 0 radical (unpaired) electrons. The first-order valence-electron chi connectivity index (χ1n) is 8.71. The lowest BCUT2D eigenvalue weighted by Gasteiger charge is -2.12. The van der Waals surface area contributed by atoms with Crippen LogP contribution in [-0.4, -0.2) is 31.8 Å². The average molecular weight is 395 g/mol. The number of ketones is 1. The van der Waals surface area contributed by atoms with Crippen LogP contribution in [0.5, 0.6) is 0 Å². The average Bonchev–Trinajstić information content (AvgIpc) is 3.03. The van der Waals surface area contributed by atoms with Crippen LogP contribution in [0.1, 0.15) is 29.8 Å². The number of hydrogen-bond acceptors (Lipinski definition) is 6. The molecule has 0 saturated heterocycles. The highest BCUT2D eigenvalue weighted by molar-refractivity contribution is 8.00. The molecule has 1 atom stereocenters. The van der Waals surface area contributed by atoms with Crippen molar-refractivity contribution >= 4 is 29.1 Å². The number of aromatic nitrogens is 3. The van der Waals surface area contributed by atoms with Crippen molar-refractivity contribution in [3.05, 3.63) is 59.7 Å². The van der Waals surface area contributed by atoms with E-state index in [9.17, 15) is 9.59 Å². The second kappa shape index (κ2) is 8.26. The molecule has 0 saturated carbocycles. The Balaban J connectivity index is 1.67. The van der Waals surface area contributed by atoms with Crippen LogP contribution in [0.25, 0.3) is 11.4 Å². The third-order valence-electron chi connectivity index (χ3n) is 4.18. The van der Waals surface area contributed by atoms with Gasteiger partial charge in [-0.15, -0.1) is 10.2 Å². The van der Waals surface area contributed by atoms with Crippen LogP contribution < -0.4 is 11.2 Å². The van der Waals surface area contributed by atoms with Gasteiger partial charge in [-0.25, -0.2) is 4.68 Å². The van der Waals surface area contributed by atoms with E-state index in [1.807, 2.05) is 31.2 Å². The van der Waals surface area contributed by atoms with E-state index in [0.29, 0.717) is 22.2 Å². The summed E-state index contributed by atoms with van der Waals surface area (Å²) in [6, 6.07) is 14.6. The smallest absolute Gasteiger partial charge is 0.237 e. The summed E-state index contributed by atoms with van der Waals surface area (Å²) in [7, 11) is 0. The van der Waals surface area contributed by atoms with Gasteiger partial charge in [-0.3, -0.25) is 9.59 Å². The number of rotatable bonds is 6. The van der Waals surface area contributed by atoms with Crippen LogP contribution in [0.4, 0.5) is 5.69 Å². The van der Waals surface area contributed by atoms with Crippen molar-refractivity contribution in [1.29, 1.82) is 0 Å². The fraction of sp³-hybridized carbons (Fsp3) is 0.200. The van der Waals surface area contributed by atoms with Gasteiger partial charge in [0.05, 0.1) is 5.25 Å². The van der Waals surface area contributed by atoms with Gasteiger partial charge in [0.2, 0.25) is 11.1 Å². The highest BCUT2D eigenvalue weighted by atomic mass is 32.2. The molecule has 0 aliphatic heterocycles. The maximum absolute atomic E-state index is 12.5. The first kappa shape index (κ1) is 19.6. The summed E-state index contributed by atoms with van der Waals surface area (Å²) in [5.41, 5.74) is 3.22. The highest BCUT2D eigenvalue weighted by Crippen LogP contribution is 2.25. The summed E-state index contributed by atoms with van der Waals surface area (Å²) in [5, 5.41) is 11.1. The maximum atomic E-state index is 12.5. The summed E-state index contributed by atoms with van der Waals surface area (Å²) in [5.74, 6) is 6.45. The van der Waals surface area contributed by atoms with E-state index in [-0.39, 0.29) is 11.7 Å². The number of nitrogens with zero attached hydrogens (tertiary/aromatic N) is 3. The minimum absolute atomic E-state index is 0.0199. The lowest BCUT2D eigenvalue weighted by Crippen LogP contribution is -2.23. The van der Waals surface area contributed by atoms with Gasteiger partial charge in [0, 0.05) is 16.8 Å². The van der Waals surface area contributed by atoms with Crippen molar-refractivity contribution < 1.29 is 9.59 Å². The Bertz CT molecular complexity index is 996. The molecule has 1 aromatic heterocycles. The van der Waals surface area contributed by atoms with Crippen LogP contribution in [0, 0.1) is 6.92 Å². The predicted octanol–water partition coefficient (Wildman–Crippen LogP) is 3.29. The first-order valence-corrected chi connectivity index (χ1v) is 9.59. The van der Waals surface area contributed by atoms with Crippen molar-refractivity contribution in [2.24, 2.45) is 0 Å². The van der Waals surface area contributed by atoms with Crippen molar-refractivity contribution in [3.63, 3.8) is 0 Å². The standard InChI is InChI=1S/C20H21N5O2S/c1-12-4-6-16(7-5-12)18-23-24-20(25(18)21)28-14(3)19(27)22-17-10-8-15(9-11-17)13(2)26/h4-11,14H,21H2,1-3H3,(H,22,27)/t14-/m0/s1. The van der Waals surface area contributed by atoms with Crippen molar-refractivity contribution in [2.45, 2.75) is 31.2 Å². The van der Waals surface area contributed by atoms with E-state index < -0.39 is 5.25 Å². The lowest BCUT2D eigenvalue weighted by molar-refractivity contribution is -0.115. The van der Waals surface area contributed by atoms with Crippen molar-refractivity contribution in [2.75, 3.05) is 11.2 Å². The van der Waals surface area contributed by atoms with Gasteiger partial charge in [-0.1, -0.05) is 41.6 Å². The van der Waals surface area contributed by atoms with E-state index in [4.69, 9.17) is 5.84 Å². The number of hydrogen-bond donors (Lipinski definition) is 2. The molecule has 3 rings (SSSR count). The number of aryl methyl sites for hydroxylation is 1. The molecule has 0 fully saturated rings. The van der Waals surface area contributed by atoms with Gasteiger partial charge < -0.3 is 11.2 Å². The molecule has 7 nitrogen and oxygen atoms in total. The van der Waals surface area contributed by atoms with E-state index in [2.05, 4.69) is 15.5 Å². The van der Waals surface area contributed by atoms with Crippen LogP contribution in [0.2, 0.25) is 0 Å². The molecule has 3 N–H and O–H groups in total. The summed E-state index contributed by atoms with van der Waals surface area (Å²) in [6.45, 7) is 5.27. The Kier molecular flexibility index (Phi) is 5.79. The number of nitrogen functional groups attached to an aromatic ring is 1. The van der Waals surface area contributed by atoms with Crippen LogP contribution in [-0.2, 0) is 4.79 Å². The fourth-order valence-electron chi connectivity index (χ4n) is 2.50. The Morgan fingerprint density at radius 2 is 1.71 bits per heavy atom. The quantitative estimate of drug-likeness (QED) is 0.377. The Hall–Kier alpha value is -3.13. The van der Waals surface area contributed by atoms with Crippen molar-refractivity contribution in [3.8, 4) is 11.4 Å². The lowest BCUT2D eigenvalue weighted by atomic mass is 10.1. The second-order valence-electron chi connectivity index (χ2n) is 6.43. The topological polar surface area (TPSA) is 103 Å². The van der Waals surface area contributed by atoms with Crippen LogP contribution in [0.3, 0.4) is 0 Å². The molecule has 0 bridgehead atoms. The molecule has 8 heteroatoms. The van der Waals surface area contributed by atoms with Gasteiger partial charge in [-0.05, 0) is 45.0 Å². The Labute approximate surface area is 167 Å². The monoisotopic (exact) mass is 395 g/mol. The number of anilines is 1. The summed E-state index contributed by atoms with van der Waals surface area (Å²) in [6.07, 6.45) is 0. The van der Waals surface area contributed by atoms with Gasteiger partial charge in [0.1, 0.15) is 0 Å². The zero-order chi connectivity index (χ0) is 20.3. The molecule has 28 heavy (non-hydrogen) atoms. The molecule has 0 aliphatic rings. The van der Waals surface area contributed by atoms with Gasteiger partial charge in [0.25, 0.3) is 0 Å². The first-order chi connectivity index (χ1) is 13.3. The highest BCUT2D eigenvalue weighted by Gasteiger charge is 2.20. The van der Waals surface area contributed by atoms with Crippen LogP contribution in [0.15, 0.2) is 53.7 Å². The number of nitrogens with two attached hydrogens (primary N) is 1. The zero-order valence-corrected chi connectivity index (χ0v) is 16.7. The van der Waals surface area contributed by atoms with Gasteiger partial charge >= 0.3 is 0 Å². The SMILES string of the molecule is CC(=O)c1ccc(NC(=O)[C@H](C)Sc2nnc(-c3ccc(C)cc3)n2N)cc1. The molecule has 1 heterocycles. The van der Waals surface area contributed by atoms with E-state index in [0.717, 1.165) is 11.1 Å².